The molecule has 0 aromatic rings. The van der Waals surface area contributed by atoms with E-state index >= 15 is 0 Å². The molecule has 1 heterocycles. The first kappa shape index (κ1) is 7.84. The van der Waals surface area contributed by atoms with Crippen molar-refractivity contribution in [3.63, 3.8) is 0 Å². The Morgan fingerprint density at radius 2 is 2.40 bits per heavy atom. The van der Waals surface area contributed by atoms with Crippen LogP contribution in [0.3, 0.4) is 0 Å². The van der Waals surface area contributed by atoms with Crippen molar-refractivity contribution in [3.8, 4) is 0 Å². The molecule has 0 amide bonds. The van der Waals surface area contributed by atoms with Crippen molar-refractivity contribution < 1.29 is 13.6 Å². The molecule has 1 aliphatic heterocycles. The van der Waals surface area contributed by atoms with Crippen molar-refractivity contribution in [2.24, 2.45) is 5.90 Å². The third-order valence-corrected chi connectivity index (χ3v) is 1.49. The fourth-order valence-electron chi connectivity index (χ4n) is 1.03. The van der Waals surface area contributed by atoms with E-state index in [2.05, 4.69) is 10.2 Å². The van der Waals surface area contributed by atoms with Crippen molar-refractivity contribution in [1.82, 2.24) is 5.32 Å². The Balaban J connectivity index is 2.29. The van der Waals surface area contributed by atoms with Gasteiger partial charge < -0.3 is 10.2 Å². The summed E-state index contributed by atoms with van der Waals surface area (Å²) in [6.45, 7) is -0.114. The maximum atomic E-state index is 12.4. The minimum absolute atomic E-state index is 0.148. The highest BCUT2D eigenvalue weighted by Gasteiger charge is 2.38. The summed E-state index contributed by atoms with van der Waals surface area (Å²) in [4.78, 5) is 4.22. The van der Waals surface area contributed by atoms with E-state index in [4.69, 9.17) is 5.90 Å². The number of nitrogens with one attached hydrogen (secondary N) is 1. The zero-order valence-corrected chi connectivity index (χ0v) is 5.44. The molecule has 0 saturated carbocycles. The quantitative estimate of drug-likeness (QED) is 0.542. The van der Waals surface area contributed by atoms with Gasteiger partial charge in [0.15, 0.2) is 0 Å². The van der Waals surface area contributed by atoms with Crippen LogP contribution in [0.1, 0.15) is 6.42 Å². The van der Waals surface area contributed by atoms with Crippen LogP contribution in [0, 0.1) is 0 Å². The zero-order valence-electron chi connectivity index (χ0n) is 5.44. The predicted octanol–water partition coefficient (Wildman–Crippen LogP) is -0.126. The molecule has 1 fully saturated rings. The van der Waals surface area contributed by atoms with Gasteiger partial charge in [0.2, 0.25) is 0 Å². The van der Waals surface area contributed by atoms with E-state index in [-0.39, 0.29) is 25.6 Å². The van der Waals surface area contributed by atoms with Gasteiger partial charge in [-0.3, -0.25) is 0 Å². The fraction of sp³-hybridized carbons (Fsp3) is 1.00. The number of alkyl halides is 2. The molecule has 3 nitrogen and oxygen atoms in total. The Bertz CT molecular complexity index is 120. The second-order valence-corrected chi connectivity index (χ2v) is 2.47. The van der Waals surface area contributed by atoms with Gasteiger partial charge in [-0.2, -0.15) is 0 Å². The Morgan fingerprint density at radius 3 is 2.80 bits per heavy atom. The topological polar surface area (TPSA) is 47.3 Å². The Hall–Kier alpha value is -0.260. The second-order valence-electron chi connectivity index (χ2n) is 2.47. The molecule has 0 spiro atoms. The lowest BCUT2D eigenvalue weighted by Crippen LogP contribution is -2.28. The number of hydrogen-bond acceptors (Lipinski definition) is 3. The van der Waals surface area contributed by atoms with Gasteiger partial charge in [-0.1, -0.05) is 0 Å². The summed E-state index contributed by atoms with van der Waals surface area (Å²) in [7, 11) is 0. The maximum Gasteiger partial charge on any atom is 0.261 e. The molecule has 60 valence electrons. The van der Waals surface area contributed by atoms with Crippen LogP contribution in [0.15, 0.2) is 0 Å². The molecule has 0 bridgehead atoms. The van der Waals surface area contributed by atoms with Crippen molar-refractivity contribution in [3.05, 3.63) is 0 Å². The molecule has 1 saturated heterocycles. The molecular weight excluding hydrogens is 142 g/mol. The van der Waals surface area contributed by atoms with Gasteiger partial charge in [0, 0.05) is 12.5 Å². The van der Waals surface area contributed by atoms with Gasteiger partial charge in [-0.05, 0) is 0 Å². The molecule has 0 radical (unpaired) electrons. The molecule has 5 heteroatoms. The van der Waals surface area contributed by atoms with Gasteiger partial charge in [-0.15, -0.1) is 0 Å². The molecule has 0 aromatic heterocycles. The molecule has 1 unspecified atom stereocenters. The van der Waals surface area contributed by atoms with Gasteiger partial charge in [0.1, 0.15) is 0 Å². The van der Waals surface area contributed by atoms with Crippen molar-refractivity contribution in [2.45, 2.75) is 18.4 Å². The molecule has 1 atom stereocenters. The van der Waals surface area contributed by atoms with Gasteiger partial charge in [0.05, 0.1) is 13.2 Å². The van der Waals surface area contributed by atoms with Crippen LogP contribution in [0.25, 0.3) is 0 Å². The van der Waals surface area contributed by atoms with Gasteiger partial charge >= 0.3 is 0 Å². The van der Waals surface area contributed by atoms with Crippen LogP contribution in [0.2, 0.25) is 0 Å². The Kier molecular flexibility index (Phi) is 2.18. The maximum absolute atomic E-state index is 12.4. The SMILES string of the molecule is NOCC1CC(F)(F)CN1. The van der Waals surface area contributed by atoms with Crippen molar-refractivity contribution in [1.29, 1.82) is 0 Å². The zero-order chi connectivity index (χ0) is 7.61. The lowest BCUT2D eigenvalue weighted by Gasteiger charge is -2.06. The highest BCUT2D eigenvalue weighted by Crippen LogP contribution is 2.24. The van der Waals surface area contributed by atoms with E-state index in [1.807, 2.05) is 0 Å². The van der Waals surface area contributed by atoms with E-state index in [1.54, 1.807) is 0 Å². The summed E-state index contributed by atoms with van der Waals surface area (Å²) < 4.78 is 24.7. The third kappa shape index (κ3) is 1.86. The summed E-state index contributed by atoms with van der Waals surface area (Å²) in [6.07, 6.45) is -0.176. The molecule has 10 heavy (non-hydrogen) atoms. The van der Waals surface area contributed by atoms with E-state index in [0.29, 0.717) is 0 Å². The van der Waals surface area contributed by atoms with Crippen molar-refractivity contribution in [2.75, 3.05) is 13.2 Å². The first-order chi connectivity index (χ1) is 4.64. The average molecular weight is 152 g/mol. The summed E-state index contributed by atoms with van der Waals surface area (Å²) >= 11 is 0. The second kappa shape index (κ2) is 2.77. The molecule has 3 N–H and O–H groups in total. The highest BCUT2D eigenvalue weighted by atomic mass is 19.3. The molecule has 1 rings (SSSR count). The van der Waals surface area contributed by atoms with E-state index in [1.165, 1.54) is 0 Å². The number of halogens is 2. The van der Waals surface area contributed by atoms with Crippen LogP contribution in [-0.4, -0.2) is 25.1 Å². The minimum atomic E-state index is -2.58. The predicted molar refractivity (Wildman–Crippen MR) is 31.5 cm³/mol. The van der Waals surface area contributed by atoms with Crippen LogP contribution in [0.4, 0.5) is 8.78 Å². The molecule has 0 aliphatic carbocycles. The largest absolute Gasteiger partial charge is 0.306 e. The Labute approximate surface area is 57.5 Å². The van der Waals surface area contributed by atoms with Gasteiger partial charge in [-0.25, -0.2) is 14.7 Å². The number of hydrogen-bond donors (Lipinski definition) is 2. The molecular formula is C5H10F2N2O. The van der Waals surface area contributed by atoms with Crippen LogP contribution in [0.5, 0.6) is 0 Å². The summed E-state index contributed by atoms with van der Waals surface area (Å²) in [5, 5.41) is 2.59. The molecule has 1 aliphatic rings. The lowest BCUT2D eigenvalue weighted by atomic mass is 10.2. The first-order valence-electron chi connectivity index (χ1n) is 3.07. The van der Waals surface area contributed by atoms with E-state index in [9.17, 15) is 8.78 Å². The molecule has 0 aromatic carbocycles. The van der Waals surface area contributed by atoms with Crippen LogP contribution >= 0.6 is 0 Å². The normalized spacial score (nSPS) is 30.9. The van der Waals surface area contributed by atoms with Crippen LogP contribution in [-0.2, 0) is 4.84 Å². The summed E-state index contributed by atoms with van der Waals surface area (Å²) in [5.41, 5.74) is 0. The standard InChI is InChI=1S/C5H10F2N2O/c6-5(7)1-4(2-10-8)9-3-5/h4,9H,1-3,8H2. The monoisotopic (exact) mass is 152 g/mol. The van der Waals surface area contributed by atoms with E-state index in [0.717, 1.165) is 0 Å². The van der Waals surface area contributed by atoms with Crippen molar-refractivity contribution >= 4 is 0 Å². The van der Waals surface area contributed by atoms with E-state index < -0.39 is 5.92 Å². The van der Waals surface area contributed by atoms with Gasteiger partial charge in [0.25, 0.3) is 5.92 Å². The average Bonchev–Trinajstić information content (AvgIpc) is 2.12. The van der Waals surface area contributed by atoms with Crippen LogP contribution < -0.4 is 11.2 Å². The smallest absolute Gasteiger partial charge is 0.261 e. The minimum Gasteiger partial charge on any atom is -0.306 e. The third-order valence-electron chi connectivity index (χ3n) is 1.49. The highest BCUT2D eigenvalue weighted by molar-refractivity contribution is 4.86. The first-order valence-corrected chi connectivity index (χ1v) is 3.07. The summed E-state index contributed by atoms with van der Waals surface area (Å²) in [6, 6.07) is -0.292. The number of rotatable bonds is 2. The Morgan fingerprint density at radius 1 is 1.70 bits per heavy atom. The summed E-state index contributed by atoms with van der Waals surface area (Å²) in [5.74, 6) is 2.13. The number of nitrogens with two attached hydrogens (primary N) is 1. The fourth-order valence-corrected chi connectivity index (χ4v) is 1.03. The lowest BCUT2D eigenvalue weighted by molar-refractivity contribution is 0.0164.